The summed E-state index contributed by atoms with van der Waals surface area (Å²) in [5.74, 6) is -0.539. The minimum atomic E-state index is -2.95. The summed E-state index contributed by atoms with van der Waals surface area (Å²) in [5.41, 5.74) is 2.84. The predicted octanol–water partition coefficient (Wildman–Crippen LogP) is 2.14. The standard InChI is InChI=1S/C20H22F2N2O3/c21-20(22)27-18-7-3-6-15(10-18)19(26)24-12-17(25)11-23-16-8-13-4-1-2-5-14(13)9-16/h1-7,10,16-17,20,23,25H,8-9,11-12H2,(H,24,26)/t17-/m0/s1. The molecule has 0 bridgehead atoms. The lowest BCUT2D eigenvalue weighted by Gasteiger charge is -2.17. The number of carbonyl (C=O) groups excluding carboxylic acids is 1. The molecule has 2 aromatic carbocycles. The van der Waals surface area contributed by atoms with Crippen molar-refractivity contribution in [2.75, 3.05) is 13.1 Å². The zero-order chi connectivity index (χ0) is 19.2. The second-order valence-corrected chi connectivity index (χ2v) is 6.55. The van der Waals surface area contributed by atoms with Crippen LogP contribution in [0.3, 0.4) is 0 Å². The Balaban J connectivity index is 1.41. The zero-order valence-electron chi connectivity index (χ0n) is 14.7. The van der Waals surface area contributed by atoms with Crippen LogP contribution in [0.1, 0.15) is 21.5 Å². The first-order valence-electron chi connectivity index (χ1n) is 8.82. The smallest absolute Gasteiger partial charge is 0.387 e. The van der Waals surface area contributed by atoms with Gasteiger partial charge >= 0.3 is 6.61 Å². The average Bonchev–Trinajstić information content (AvgIpc) is 3.07. The van der Waals surface area contributed by atoms with Crippen LogP contribution in [0.15, 0.2) is 48.5 Å². The van der Waals surface area contributed by atoms with Gasteiger partial charge in [-0.25, -0.2) is 0 Å². The van der Waals surface area contributed by atoms with Crippen molar-refractivity contribution in [2.45, 2.75) is 31.6 Å². The summed E-state index contributed by atoms with van der Waals surface area (Å²) in [5, 5.41) is 16.0. The molecule has 2 aromatic rings. The first-order valence-corrected chi connectivity index (χ1v) is 8.82. The van der Waals surface area contributed by atoms with E-state index < -0.39 is 18.6 Å². The zero-order valence-corrected chi connectivity index (χ0v) is 14.7. The molecule has 1 atom stereocenters. The van der Waals surface area contributed by atoms with Crippen molar-refractivity contribution in [2.24, 2.45) is 0 Å². The van der Waals surface area contributed by atoms with E-state index in [-0.39, 0.29) is 23.9 Å². The Labute approximate surface area is 156 Å². The second kappa shape index (κ2) is 8.92. The van der Waals surface area contributed by atoms with E-state index in [2.05, 4.69) is 27.5 Å². The minimum Gasteiger partial charge on any atom is -0.435 e. The third kappa shape index (κ3) is 5.48. The summed E-state index contributed by atoms with van der Waals surface area (Å²) in [6.07, 6.45) is 1.09. The Morgan fingerprint density at radius 2 is 1.81 bits per heavy atom. The lowest BCUT2D eigenvalue weighted by atomic mass is 10.1. The maximum atomic E-state index is 12.2. The number of aliphatic hydroxyl groups excluding tert-OH is 1. The molecule has 0 saturated carbocycles. The summed E-state index contributed by atoms with van der Waals surface area (Å²) < 4.78 is 28.8. The number of ether oxygens (including phenoxy) is 1. The van der Waals surface area contributed by atoms with Gasteiger partial charge in [0, 0.05) is 24.7 Å². The highest BCUT2D eigenvalue weighted by atomic mass is 19.3. The van der Waals surface area contributed by atoms with E-state index in [1.54, 1.807) is 0 Å². The molecule has 0 heterocycles. The van der Waals surface area contributed by atoms with Crippen LogP contribution < -0.4 is 15.4 Å². The van der Waals surface area contributed by atoms with E-state index >= 15 is 0 Å². The molecule has 0 spiro atoms. The fraction of sp³-hybridized carbons (Fsp3) is 0.350. The molecule has 0 fully saturated rings. The molecule has 0 aliphatic heterocycles. The number of benzene rings is 2. The maximum absolute atomic E-state index is 12.2. The highest BCUT2D eigenvalue weighted by Crippen LogP contribution is 2.21. The Bertz CT molecular complexity index is 760. The SMILES string of the molecule is O=C(NC[C@@H](O)CNC1Cc2ccccc2C1)c1cccc(OC(F)F)c1. The number of amides is 1. The summed E-state index contributed by atoms with van der Waals surface area (Å²) in [6.45, 7) is -2.53. The number of halogens is 2. The molecule has 1 aliphatic carbocycles. The molecule has 0 saturated heterocycles. The summed E-state index contributed by atoms with van der Waals surface area (Å²) in [4.78, 5) is 12.1. The average molecular weight is 376 g/mol. The van der Waals surface area contributed by atoms with Crippen LogP contribution in [-0.4, -0.2) is 42.9 Å². The van der Waals surface area contributed by atoms with Crippen LogP contribution in [0.4, 0.5) is 8.78 Å². The van der Waals surface area contributed by atoms with Gasteiger partial charge in [-0.05, 0) is 42.2 Å². The number of aliphatic hydroxyl groups is 1. The predicted molar refractivity (Wildman–Crippen MR) is 97.1 cm³/mol. The second-order valence-electron chi connectivity index (χ2n) is 6.55. The Morgan fingerprint density at radius 3 is 2.48 bits per heavy atom. The number of fused-ring (bicyclic) bond motifs is 1. The highest BCUT2D eigenvalue weighted by Gasteiger charge is 2.21. The van der Waals surface area contributed by atoms with Gasteiger partial charge in [0.15, 0.2) is 0 Å². The number of carbonyl (C=O) groups is 1. The quantitative estimate of drug-likeness (QED) is 0.660. The van der Waals surface area contributed by atoms with Crippen LogP contribution >= 0.6 is 0 Å². The van der Waals surface area contributed by atoms with Crippen LogP contribution in [0, 0.1) is 0 Å². The lowest BCUT2D eigenvalue weighted by Crippen LogP contribution is -2.41. The molecule has 3 N–H and O–H groups in total. The van der Waals surface area contributed by atoms with Gasteiger partial charge in [0.2, 0.25) is 0 Å². The van der Waals surface area contributed by atoms with Crippen molar-refractivity contribution in [3.63, 3.8) is 0 Å². The van der Waals surface area contributed by atoms with Gasteiger partial charge in [0.1, 0.15) is 5.75 Å². The summed E-state index contributed by atoms with van der Waals surface area (Å²) in [7, 11) is 0. The molecule has 0 aromatic heterocycles. The van der Waals surface area contributed by atoms with Crippen LogP contribution in [0.2, 0.25) is 0 Å². The van der Waals surface area contributed by atoms with Crippen molar-refractivity contribution < 1.29 is 23.4 Å². The Hall–Kier alpha value is -2.51. The van der Waals surface area contributed by atoms with Gasteiger partial charge in [0.05, 0.1) is 6.10 Å². The molecule has 0 unspecified atom stereocenters. The van der Waals surface area contributed by atoms with Gasteiger partial charge in [0.25, 0.3) is 5.91 Å². The van der Waals surface area contributed by atoms with Gasteiger partial charge in [-0.15, -0.1) is 0 Å². The first-order chi connectivity index (χ1) is 13.0. The molecule has 0 radical (unpaired) electrons. The summed E-state index contributed by atoms with van der Waals surface area (Å²) in [6, 6.07) is 14.1. The molecule has 144 valence electrons. The molecule has 1 aliphatic rings. The van der Waals surface area contributed by atoms with E-state index in [4.69, 9.17) is 0 Å². The molecule has 1 amide bonds. The maximum Gasteiger partial charge on any atom is 0.387 e. The van der Waals surface area contributed by atoms with Crippen molar-refractivity contribution in [1.29, 1.82) is 0 Å². The third-order valence-electron chi connectivity index (χ3n) is 4.51. The Kier molecular flexibility index (Phi) is 6.36. The van der Waals surface area contributed by atoms with E-state index in [1.807, 2.05) is 12.1 Å². The first kappa shape index (κ1) is 19.3. The van der Waals surface area contributed by atoms with Gasteiger partial charge in [-0.1, -0.05) is 30.3 Å². The molecule has 7 heteroatoms. The fourth-order valence-corrected chi connectivity index (χ4v) is 3.20. The minimum absolute atomic E-state index is 0.0609. The number of hydrogen-bond donors (Lipinski definition) is 3. The number of hydrogen-bond acceptors (Lipinski definition) is 4. The summed E-state index contributed by atoms with van der Waals surface area (Å²) >= 11 is 0. The molecular weight excluding hydrogens is 354 g/mol. The van der Waals surface area contributed by atoms with Crippen molar-refractivity contribution >= 4 is 5.91 Å². The Morgan fingerprint density at radius 1 is 1.11 bits per heavy atom. The van der Waals surface area contributed by atoms with Crippen molar-refractivity contribution in [1.82, 2.24) is 10.6 Å². The van der Waals surface area contributed by atoms with E-state index in [0.29, 0.717) is 6.54 Å². The lowest BCUT2D eigenvalue weighted by molar-refractivity contribution is -0.0498. The van der Waals surface area contributed by atoms with E-state index in [0.717, 1.165) is 12.8 Å². The monoisotopic (exact) mass is 376 g/mol. The van der Waals surface area contributed by atoms with Gasteiger partial charge in [-0.2, -0.15) is 8.78 Å². The van der Waals surface area contributed by atoms with E-state index in [9.17, 15) is 18.7 Å². The van der Waals surface area contributed by atoms with Gasteiger partial charge in [-0.3, -0.25) is 4.79 Å². The highest BCUT2D eigenvalue weighted by molar-refractivity contribution is 5.94. The van der Waals surface area contributed by atoms with Gasteiger partial charge < -0.3 is 20.5 Å². The number of nitrogens with one attached hydrogen (secondary N) is 2. The van der Waals surface area contributed by atoms with Crippen molar-refractivity contribution in [3.05, 3.63) is 65.2 Å². The molecule has 5 nitrogen and oxygen atoms in total. The van der Waals surface area contributed by atoms with Crippen LogP contribution in [0.5, 0.6) is 5.75 Å². The largest absolute Gasteiger partial charge is 0.435 e. The molecule has 27 heavy (non-hydrogen) atoms. The topological polar surface area (TPSA) is 70.6 Å². The number of rotatable bonds is 8. The molecule has 3 rings (SSSR count). The normalized spacial score (nSPS) is 14.8. The molecular formula is C20H22F2N2O3. The van der Waals surface area contributed by atoms with Crippen molar-refractivity contribution in [3.8, 4) is 5.75 Å². The fourth-order valence-electron chi connectivity index (χ4n) is 3.20. The third-order valence-corrected chi connectivity index (χ3v) is 4.51. The number of alkyl halides is 2. The van der Waals surface area contributed by atoms with Crippen LogP contribution in [-0.2, 0) is 12.8 Å². The van der Waals surface area contributed by atoms with E-state index in [1.165, 1.54) is 35.4 Å². The van der Waals surface area contributed by atoms with Crippen LogP contribution in [0.25, 0.3) is 0 Å².